The van der Waals surface area contributed by atoms with Gasteiger partial charge in [0.15, 0.2) is 0 Å². The summed E-state index contributed by atoms with van der Waals surface area (Å²) in [6.45, 7) is 9.60. The lowest BCUT2D eigenvalue weighted by atomic mass is 10.0. The second-order valence-corrected chi connectivity index (χ2v) is 5.42. The molecule has 1 atom stereocenters. The first-order chi connectivity index (χ1) is 8.94. The number of hydrogen-bond acceptors (Lipinski definition) is 4. The smallest absolute Gasteiger partial charge is 0.237 e. The van der Waals surface area contributed by atoms with Crippen molar-refractivity contribution in [1.29, 1.82) is 0 Å². The number of aryl methyl sites for hydroxylation is 1. The van der Waals surface area contributed by atoms with Crippen LogP contribution in [0.15, 0.2) is 12.4 Å². The number of amides is 1. The maximum absolute atomic E-state index is 11.9. The predicted molar refractivity (Wildman–Crippen MR) is 74.6 cm³/mol. The molecule has 0 bridgehead atoms. The molecule has 0 aromatic carbocycles. The summed E-state index contributed by atoms with van der Waals surface area (Å²) in [4.78, 5) is 11.9. The maximum atomic E-state index is 11.9. The minimum absolute atomic E-state index is 0.0487. The molecular formula is C13H25N5O. The largest absolute Gasteiger partial charge is 0.350 e. The molecule has 1 aromatic heterocycles. The summed E-state index contributed by atoms with van der Waals surface area (Å²) in [6, 6.07) is -0.179. The molecule has 0 saturated heterocycles. The van der Waals surface area contributed by atoms with E-state index in [0.29, 0.717) is 0 Å². The third-order valence-corrected chi connectivity index (χ3v) is 3.23. The van der Waals surface area contributed by atoms with Crippen molar-refractivity contribution in [3.63, 3.8) is 0 Å². The van der Waals surface area contributed by atoms with Gasteiger partial charge in [-0.25, -0.2) is 0 Å². The number of nitrogens with one attached hydrogen (secondary N) is 2. The van der Waals surface area contributed by atoms with E-state index in [1.807, 2.05) is 27.0 Å². The van der Waals surface area contributed by atoms with Crippen LogP contribution in [0.25, 0.3) is 0 Å². The number of nitrogens with zero attached hydrogens (tertiary/aromatic N) is 3. The van der Waals surface area contributed by atoms with Crippen LogP contribution in [0.3, 0.4) is 0 Å². The summed E-state index contributed by atoms with van der Waals surface area (Å²) in [5.41, 5.74) is -0.145. The van der Waals surface area contributed by atoms with Crippen LogP contribution in [0, 0.1) is 0 Å². The lowest BCUT2D eigenvalue weighted by Gasteiger charge is -2.26. The molecule has 0 saturated carbocycles. The first-order valence-electron chi connectivity index (χ1n) is 6.84. The van der Waals surface area contributed by atoms with Crippen LogP contribution in [0.2, 0.25) is 0 Å². The fourth-order valence-corrected chi connectivity index (χ4v) is 1.53. The average Bonchev–Trinajstić information content (AvgIpc) is 2.87. The van der Waals surface area contributed by atoms with Crippen LogP contribution in [0.4, 0.5) is 0 Å². The highest BCUT2D eigenvalue weighted by Crippen LogP contribution is 2.06. The van der Waals surface area contributed by atoms with E-state index < -0.39 is 0 Å². The van der Waals surface area contributed by atoms with Gasteiger partial charge in [-0.3, -0.25) is 9.48 Å². The van der Waals surface area contributed by atoms with Gasteiger partial charge in [-0.05, 0) is 40.2 Å². The molecule has 0 aliphatic rings. The van der Waals surface area contributed by atoms with Gasteiger partial charge < -0.3 is 10.6 Å². The summed E-state index contributed by atoms with van der Waals surface area (Å²) >= 11 is 0. The maximum Gasteiger partial charge on any atom is 0.237 e. The molecule has 108 valence electrons. The topological polar surface area (TPSA) is 71.8 Å². The van der Waals surface area contributed by atoms with Crippen LogP contribution < -0.4 is 10.6 Å². The van der Waals surface area contributed by atoms with Gasteiger partial charge in [0.2, 0.25) is 5.91 Å². The SMILES string of the molecule is CCC(C)(C)NC(=O)C(C)NCCCn1ccnn1. The Morgan fingerprint density at radius 3 is 2.79 bits per heavy atom. The van der Waals surface area contributed by atoms with Crippen molar-refractivity contribution >= 4 is 5.91 Å². The Bertz CT molecular complexity index is 374. The zero-order valence-electron chi connectivity index (χ0n) is 12.3. The summed E-state index contributed by atoms with van der Waals surface area (Å²) in [6.07, 6.45) is 5.33. The molecule has 0 radical (unpaired) electrons. The zero-order valence-corrected chi connectivity index (χ0v) is 12.3. The lowest BCUT2D eigenvalue weighted by molar-refractivity contribution is -0.124. The number of hydrogen-bond donors (Lipinski definition) is 2. The standard InChI is InChI=1S/C13H25N5O/c1-5-13(3,4)16-12(19)11(2)14-7-6-9-18-10-8-15-17-18/h8,10-11,14H,5-7,9H2,1-4H3,(H,16,19). The number of carbonyl (C=O) groups is 1. The van der Waals surface area contributed by atoms with Crippen LogP contribution >= 0.6 is 0 Å². The van der Waals surface area contributed by atoms with E-state index in [9.17, 15) is 4.79 Å². The van der Waals surface area contributed by atoms with E-state index in [1.54, 1.807) is 10.9 Å². The van der Waals surface area contributed by atoms with Crippen molar-refractivity contribution in [1.82, 2.24) is 25.6 Å². The third kappa shape index (κ3) is 5.83. The predicted octanol–water partition coefficient (Wildman–Crippen LogP) is 0.951. The highest BCUT2D eigenvalue weighted by Gasteiger charge is 2.21. The van der Waals surface area contributed by atoms with Crippen molar-refractivity contribution in [3.8, 4) is 0 Å². The second-order valence-electron chi connectivity index (χ2n) is 5.42. The van der Waals surface area contributed by atoms with Gasteiger partial charge in [0, 0.05) is 18.3 Å². The third-order valence-electron chi connectivity index (χ3n) is 3.23. The fourth-order valence-electron chi connectivity index (χ4n) is 1.53. The van der Waals surface area contributed by atoms with Crippen molar-refractivity contribution < 1.29 is 4.79 Å². The lowest BCUT2D eigenvalue weighted by Crippen LogP contribution is -2.50. The highest BCUT2D eigenvalue weighted by atomic mass is 16.2. The number of rotatable bonds is 8. The van der Waals surface area contributed by atoms with Crippen molar-refractivity contribution in [2.45, 2.75) is 58.7 Å². The Morgan fingerprint density at radius 1 is 1.47 bits per heavy atom. The van der Waals surface area contributed by atoms with Crippen LogP contribution in [-0.4, -0.2) is 39.0 Å². The Morgan fingerprint density at radius 2 is 2.21 bits per heavy atom. The first-order valence-corrected chi connectivity index (χ1v) is 6.84. The summed E-state index contributed by atoms with van der Waals surface area (Å²) < 4.78 is 1.78. The zero-order chi connectivity index (χ0) is 14.3. The second kappa shape index (κ2) is 7.23. The molecule has 1 amide bonds. The van der Waals surface area contributed by atoms with E-state index in [4.69, 9.17) is 0 Å². The molecule has 6 nitrogen and oxygen atoms in total. The summed E-state index contributed by atoms with van der Waals surface area (Å²) in [7, 11) is 0. The van der Waals surface area contributed by atoms with Crippen molar-refractivity contribution in [2.24, 2.45) is 0 Å². The molecule has 0 aliphatic heterocycles. The molecule has 2 N–H and O–H groups in total. The van der Waals surface area contributed by atoms with E-state index in [0.717, 1.165) is 25.9 Å². The molecule has 0 spiro atoms. The van der Waals surface area contributed by atoms with Crippen LogP contribution in [0.5, 0.6) is 0 Å². The highest BCUT2D eigenvalue weighted by molar-refractivity contribution is 5.81. The van der Waals surface area contributed by atoms with E-state index in [1.165, 1.54) is 0 Å². The van der Waals surface area contributed by atoms with Gasteiger partial charge in [-0.1, -0.05) is 12.1 Å². The van der Waals surface area contributed by atoms with Gasteiger partial charge in [0.1, 0.15) is 0 Å². The van der Waals surface area contributed by atoms with E-state index >= 15 is 0 Å². The minimum Gasteiger partial charge on any atom is -0.350 e. The van der Waals surface area contributed by atoms with Gasteiger partial charge >= 0.3 is 0 Å². The first kappa shape index (κ1) is 15.6. The van der Waals surface area contributed by atoms with Crippen molar-refractivity contribution in [2.75, 3.05) is 6.54 Å². The molecule has 1 rings (SSSR count). The molecule has 1 aromatic rings. The molecule has 6 heteroatoms. The van der Waals surface area contributed by atoms with Crippen LogP contribution in [0.1, 0.15) is 40.5 Å². The Hall–Kier alpha value is -1.43. The Kier molecular flexibility index (Phi) is 5.95. The number of aromatic nitrogens is 3. The van der Waals surface area contributed by atoms with Gasteiger partial charge in [-0.15, -0.1) is 5.10 Å². The van der Waals surface area contributed by atoms with Crippen molar-refractivity contribution in [3.05, 3.63) is 12.4 Å². The van der Waals surface area contributed by atoms with E-state index in [-0.39, 0.29) is 17.5 Å². The summed E-state index contributed by atoms with van der Waals surface area (Å²) in [5, 5.41) is 13.9. The monoisotopic (exact) mass is 267 g/mol. The van der Waals surface area contributed by atoms with E-state index in [2.05, 4.69) is 27.9 Å². The average molecular weight is 267 g/mol. The molecule has 0 fully saturated rings. The molecule has 1 unspecified atom stereocenters. The van der Waals surface area contributed by atoms with Gasteiger partial charge in [0.25, 0.3) is 0 Å². The molecular weight excluding hydrogens is 242 g/mol. The van der Waals surface area contributed by atoms with Gasteiger partial charge in [-0.2, -0.15) is 0 Å². The molecule has 0 aliphatic carbocycles. The quantitative estimate of drug-likeness (QED) is 0.688. The van der Waals surface area contributed by atoms with Crippen LogP contribution in [-0.2, 0) is 11.3 Å². The summed E-state index contributed by atoms with van der Waals surface area (Å²) in [5.74, 6) is 0.0487. The minimum atomic E-state index is -0.179. The Balaban J connectivity index is 2.19. The molecule has 19 heavy (non-hydrogen) atoms. The normalized spacial score (nSPS) is 13.3. The molecule has 1 heterocycles. The fraction of sp³-hybridized carbons (Fsp3) is 0.769. The number of carbonyl (C=O) groups excluding carboxylic acids is 1. The Labute approximate surface area is 115 Å². The van der Waals surface area contributed by atoms with Gasteiger partial charge in [0.05, 0.1) is 12.2 Å².